The Morgan fingerprint density at radius 3 is 2.18 bits per heavy atom. The number of rotatable bonds is 4. The summed E-state index contributed by atoms with van der Waals surface area (Å²) in [6, 6.07) is 10.8. The van der Waals surface area contributed by atoms with Crippen molar-refractivity contribution in [2.45, 2.75) is 19.8 Å². The highest BCUT2D eigenvalue weighted by Crippen LogP contribution is 2.30. The first-order valence-corrected chi connectivity index (χ1v) is 8.36. The molecule has 116 valence electrons. The molecule has 0 aliphatic carbocycles. The van der Waals surface area contributed by atoms with Crippen LogP contribution in [0.25, 0.3) is 0 Å². The molecule has 2 aromatic carbocycles. The Labute approximate surface area is 146 Å². The first kappa shape index (κ1) is 17.0. The smallest absolute Gasteiger partial charge is 0.343 e. The van der Waals surface area contributed by atoms with Gasteiger partial charge in [-0.3, -0.25) is 0 Å². The Kier molecular flexibility index (Phi) is 5.64. The molecule has 3 nitrogen and oxygen atoms in total. The second-order valence-electron chi connectivity index (χ2n) is 5.08. The third kappa shape index (κ3) is 3.90. The van der Waals surface area contributed by atoms with Crippen LogP contribution in [0.2, 0.25) is 0 Å². The summed E-state index contributed by atoms with van der Waals surface area (Å²) in [5.41, 5.74) is 1.63. The van der Waals surface area contributed by atoms with E-state index in [4.69, 9.17) is 9.47 Å². The third-order valence-corrected chi connectivity index (χ3v) is 4.45. The van der Waals surface area contributed by atoms with E-state index in [0.29, 0.717) is 27.5 Å². The van der Waals surface area contributed by atoms with Gasteiger partial charge in [-0.2, -0.15) is 0 Å². The van der Waals surface area contributed by atoms with Gasteiger partial charge in [0.25, 0.3) is 0 Å². The van der Waals surface area contributed by atoms with Crippen molar-refractivity contribution in [3.05, 3.63) is 56.5 Å². The maximum absolute atomic E-state index is 12.2. The van der Waals surface area contributed by atoms with Crippen LogP contribution in [-0.2, 0) is 0 Å². The summed E-state index contributed by atoms with van der Waals surface area (Å²) < 4.78 is 12.1. The number of methoxy groups -OCH3 is 1. The van der Waals surface area contributed by atoms with E-state index in [1.165, 1.54) is 5.56 Å². The quantitative estimate of drug-likeness (QED) is 0.473. The summed E-state index contributed by atoms with van der Waals surface area (Å²) in [4.78, 5) is 12.2. The monoisotopic (exact) mass is 426 g/mol. The predicted molar refractivity (Wildman–Crippen MR) is 93.9 cm³/mol. The molecule has 0 fully saturated rings. The van der Waals surface area contributed by atoms with Crippen molar-refractivity contribution in [3.8, 4) is 11.5 Å². The lowest BCUT2D eigenvalue weighted by Crippen LogP contribution is -2.09. The molecule has 0 aromatic heterocycles. The first-order valence-electron chi connectivity index (χ1n) is 6.77. The summed E-state index contributed by atoms with van der Waals surface area (Å²) in [7, 11) is 1.57. The predicted octanol–water partition coefficient (Wildman–Crippen LogP) is 5.56. The van der Waals surface area contributed by atoms with Crippen LogP contribution in [0.5, 0.6) is 11.5 Å². The number of esters is 1. The Hall–Kier alpha value is -1.33. The van der Waals surface area contributed by atoms with Crippen LogP contribution in [0.3, 0.4) is 0 Å². The zero-order valence-corrected chi connectivity index (χ0v) is 15.7. The Bertz CT molecular complexity index is 696. The van der Waals surface area contributed by atoms with Crippen molar-refractivity contribution >= 4 is 37.8 Å². The number of ether oxygens (including phenoxy) is 2. The molecule has 0 aliphatic rings. The van der Waals surface area contributed by atoms with Gasteiger partial charge in [0.1, 0.15) is 11.5 Å². The molecule has 2 rings (SSSR count). The fraction of sp³-hybridized carbons (Fsp3) is 0.235. The maximum atomic E-state index is 12.2. The number of hydrogen-bond acceptors (Lipinski definition) is 3. The summed E-state index contributed by atoms with van der Waals surface area (Å²) in [6.45, 7) is 4.23. The molecule has 0 spiro atoms. The molecule has 0 N–H and O–H groups in total. The molecule has 0 atom stereocenters. The largest absolute Gasteiger partial charge is 0.496 e. The second kappa shape index (κ2) is 7.29. The highest BCUT2D eigenvalue weighted by molar-refractivity contribution is 9.10. The van der Waals surface area contributed by atoms with Gasteiger partial charge >= 0.3 is 5.97 Å². The molecule has 22 heavy (non-hydrogen) atoms. The minimum Gasteiger partial charge on any atom is -0.496 e. The molecular weight excluding hydrogens is 412 g/mol. The zero-order chi connectivity index (χ0) is 16.3. The molecule has 0 heterocycles. The SMILES string of the molecule is COc1ccc(C(=O)Oc2ccc(C(C)C)cc2Br)cc1Br. The van der Waals surface area contributed by atoms with Crippen LogP contribution >= 0.6 is 31.9 Å². The summed E-state index contributed by atoms with van der Waals surface area (Å²) in [6.07, 6.45) is 0. The fourth-order valence-corrected chi connectivity index (χ4v) is 2.93. The summed E-state index contributed by atoms with van der Waals surface area (Å²) in [5, 5.41) is 0. The molecule has 0 aliphatic heterocycles. The van der Waals surface area contributed by atoms with E-state index in [-0.39, 0.29) is 0 Å². The van der Waals surface area contributed by atoms with Crippen molar-refractivity contribution in [2.75, 3.05) is 7.11 Å². The average Bonchev–Trinajstić information content (AvgIpc) is 2.48. The van der Waals surface area contributed by atoms with E-state index in [9.17, 15) is 4.79 Å². The standard InChI is InChI=1S/C17H16Br2O3/c1-10(2)11-4-7-16(14(19)8-11)22-17(20)12-5-6-15(21-3)13(18)9-12/h4-10H,1-3H3. The lowest BCUT2D eigenvalue weighted by atomic mass is 10.0. The molecule has 0 saturated carbocycles. The van der Waals surface area contributed by atoms with Gasteiger partial charge in [-0.05, 0) is 73.7 Å². The van der Waals surface area contributed by atoms with Crippen molar-refractivity contribution in [1.29, 1.82) is 0 Å². The van der Waals surface area contributed by atoms with Crippen LogP contribution in [0.4, 0.5) is 0 Å². The van der Waals surface area contributed by atoms with E-state index in [1.807, 2.05) is 12.1 Å². The van der Waals surface area contributed by atoms with E-state index >= 15 is 0 Å². The van der Waals surface area contributed by atoms with Crippen molar-refractivity contribution < 1.29 is 14.3 Å². The van der Waals surface area contributed by atoms with Gasteiger partial charge in [-0.1, -0.05) is 19.9 Å². The Balaban J connectivity index is 2.20. The Morgan fingerprint density at radius 2 is 1.64 bits per heavy atom. The van der Waals surface area contributed by atoms with E-state index in [2.05, 4.69) is 45.7 Å². The zero-order valence-electron chi connectivity index (χ0n) is 12.5. The lowest BCUT2D eigenvalue weighted by molar-refractivity contribution is 0.0733. The van der Waals surface area contributed by atoms with Gasteiger partial charge in [0.2, 0.25) is 0 Å². The number of benzene rings is 2. The van der Waals surface area contributed by atoms with Gasteiger partial charge in [-0.15, -0.1) is 0 Å². The van der Waals surface area contributed by atoms with E-state index in [0.717, 1.165) is 4.47 Å². The lowest BCUT2D eigenvalue weighted by Gasteiger charge is -2.11. The molecule has 5 heteroatoms. The average molecular weight is 428 g/mol. The van der Waals surface area contributed by atoms with Crippen LogP contribution in [0, 0.1) is 0 Å². The van der Waals surface area contributed by atoms with E-state index < -0.39 is 5.97 Å². The number of hydrogen-bond donors (Lipinski definition) is 0. The summed E-state index contributed by atoms with van der Waals surface area (Å²) in [5.74, 6) is 1.17. The van der Waals surface area contributed by atoms with Crippen LogP contribution in [-0.4, -0.2) is 13.1 Å². The molecule has 0 bridgehead atoms. The van der Waals surface area contributed by atoms with Gasteiger partial charge < -0.3 is 9.47 Å². The molecule has 0 radical (unpaired) electrons. The van der Waals surface area contributed by atoms with Crippen LogP contribution in [0.15, 0.2) is 45.3 Å². The van der Waals surface area contributed by atoms with E-state index in [1.54, 1.807) is 31.4 Å². The number of halogens is 2. The highest BCUT2D eigenvalue weighted by Gasteiger charge is 2.13. The first-order chi connectivity index (χ1) is 10.4. The highest BCUT2D eigenvalue weighted by atomic mass is 79.9. The molecule has 0 amide bonds. The van der Waals surface area contributed by atoms with Gasteiger partial charge in [0, 0.05) is 0 Å². The normalized spacial score (nSPS) is 10.6. The molecule has 0 unspecified atom stereocenters. The maximum Gasteiger partial charge on any atom is 0.343 e. The van der Waals surface area contributed by atoms with Crippen LogP contribution in [0.1, 0.15) is 35.7 Å². The molecule has 2 aromatic rings. The molecular formula is C17H16Br2O3. The van der Waals surface area contributed by atoms with Crippen LogP contribution < -0.4 is 9.47 Å². The minimum absolute atomic E-state index is 0.415. The Morgan fingerprint density at radius 1 is 1.00 bits per heavy atom. The molecule has 0 saturated heterocycles. The van der Waals surface area contributed by atoms with Gasteiger partial charge in [0.15, 0.2) is 0 Å². The van der Waals surface area contributed by atoms with Crippen molar-refractivity contribution in [2.24, 2.45) is 0 Å². The fourth-order valence-electron chi connectivity index (χ4n) is 1.91. The van der Waals surface area contributed by atoms with Crippen molar-refractivity contribution in [3.63, 3.8) is 0 Å². The minimum atomic E-state index is -0.415. The third-order valence-electron chi connectivity index (χ3n) is 3.21. The van der Waals surface area contributed by atoms with Gasteiger partial charge in [0.05, 0.1) is 21.6 Å². The number of carbonyl (C=O) groups excluding carboxylic acids is 1. The topological polar surface area (TPSA) is 35.5 Å². The van der Waals surface area contributed by atoms with Crippen molar-refractivity contribution in [1.82, 2.24) is 0 Å². The second-order valence-corrected chi connectivity index (χ2v) is 6.79. The number of carbonyl (C=O) groups is 1. The van der Waals surface area contributed by atoms with Gasteiger partial charge in [-0.25, -0.2) is 4.79 Å². The summed E-state index contributed by atoms with van der Waals surface area (Å²) >= 11 is 6.81.